The van der Waals surface area contributed by atoms with Crippen molar-refractivity contribution in [2.75, 3.05) is 19.5 Å². The van der Waals surface area contributed by atoms with Crippen molar-refractivity contribution in [2.45, 2.75) is 18.5 Å². The van der Waals surface area contributed by atoms with Crippen LogP contribution in [-0.4, -0.2) is 29.0 Å². The summed E-state index contributed by atoms with van der Waals surface area (Å²) in [6.07, 6.45) is 2.48. The number of nitrogens with zero attached hydrogens (tertiary/aromatic N) is 3. The Kier molecular flexibility index (Phi) is 4.01. The first kappa shape index (κ1) is 15.5. The largest absolute Gasteiger partial charge is 0.497 e. The van der Waals surface area contributed by atoms with Gasteiger partial charge in [-0.3, -0.25) is 0 Å². The minimum atomic E-state index is 0.122. The molecule has 0 spiro atoms. The normalized spacial score (nSPS) is 19.0. The monoisotopic (exact) mass is 336 g/mol. The molecule has 0 saturated carbocycles. The zero-order valence-electron chi connectivity index (χ0n) is 14.2. The van der Waals surface area contributed by atoms with Crippen molar-refractivity contribution in [3.63, 3.8) is 0 Å². The Balaban J connectivity index is 1.66. The van der Waals surface area contributed by atoms with E-state index in [4.69, 9.17) is 9.47 Å². The van der Waals surface area contributed by atoms with E-state index in [0.29, 0.717) is 0 Å². The van der Waals surface area contributed by atoms with Gasteiger partial charge in [-0.25, -0.2) is 4.68 Å². The molecule has 0 saturated heterocycles. The number of methoxy groups -OCH3 is 2. The van der Waals surface area contributed by atoms with Gasteiger partial charge in [0.25, 0.3) is 0 Å². The van der Waals surface area contributed by atoms with Crippen molar-refractivity contribution >= 4 is 5.95 Å². The molecule has 0 aliphatic carbocycles. The van der Waals surface area contributed by atoms with Crippen LogP contribution in [0.5, 0.6) is 11.5 Å². The molecule has 6 heteroatoms. The summed E-state index contributed by atoms with van der Waals surface area (Å²) >= 11 is 0. The summed E-state index contributed by atoms with van der Waals surface area (Å²) < 4.78 is 12.5. The molecule has 2 heterocycles. The third-order valence-electron chi connectivity index (χ3n) is 4.65. The third-order valence-corrected chi connectivity index (χ3v) is 4.65. The second-order valence-corrected chi connectivity index (χ2v) is 6.02. The Morgan fingerprint density at radius 3 is 2.12 bits per heavy atom. The number of anilines is 1. The van der Waals surface area contributed by atoms with Crippen molar-refractivity contribution in [1.82, 2.24) is 14.8 Å². The van der Waals surface area contributed by atoms with Crippen molar-refractivity contribution in [1.29, 1.82) is 0 Å². The van der Waals surface area contributed by atoms with Crippen LogP contribution in [0, 0.1) is 0 Å². The molecular weight excluding hydrogens is 316 g/mol. The second kappa shape index (κ2) is 6.47. The van der Waals surface area contributed by atoms with Crippen LogP contribution in [0.4, 0.5) is 5.95 Å². The summed E-state index contributed by atoms with van der Waals surface area (Å²) in [5.41, 5.74) is 2.39. The van der Waals surface area contributed by atoms with E-state index in [2.05, 4.69) is 39.7 Å². The number of ether oxygens (including phenoxy) is 2. The summed E-state index contributed by atoms with van der Waals surface area (Å²) in [5.74, 6) is 2.49. The van der Waals surface area contributed by atoms with Crippen LogP contribution >= 0.6 is 0 Å². The molecule has 0 amide bonds. The maximum Gasteiger partial charge on any atom is 0.222 e. The van der Waals surface area contributed by atoms with E-state index >= 15 is 0 Å². The van der Waals surface area contributed by atoms with Crippen molar-refractivity contribution < 1.29 is 9.47 Å². The first-order valence-electron chi connectivity index (χ1n) is 8.22. The maximum atomic E-state index is 5.26. The summed E-state index contributed by atoms with van der Waals surface area (Å²) in [5, 5.41) is 7.88. The summed E-state index contributed by atoms with van der Waals surface area (Å²) in [6.45, 7) is 0. The summed E-state index contributed by atoms with van der Waals surface area (Å²) in [6, 6.07) is 16.6. The summed E-state index contributed by atoms with van der Waals surface area (Å²) in [4.78, 5) is 4.37. The van der Waals surface area contributed by atoms with Gasteiger partial charge in [0.15, 0.2) is 0 Å². The molecule has 0 fully saturated rings. The molecular formula is C19H20N4O2. The molecule has 1 N–H and O–H groups in total. The second-order valence-electron chi connectivity index (χ2n) is 6.02. The van der Waals surface area contributed by atoms with Gasteiger partial charge in [0.05, 0.1) is 26.3 Å². The fourth-order valence-corrected chi connectivity index (χ4v) is 3.28. The number of rotatable bonds is 4. The third kappa shape index (κ3) is 2.91. The number of nitrogens with one attached hydrogen (secondary N) is 1. The molecule has 2 aromatic carbocycles. The van der Waals surface area contributed by atoms with Gasteiger partial charge < -0.3 is 14.8 Å². The molecule has 0 bridgehead atoms. The molecule has 1 aliphatic rings. The van der Waals surface area contributed by atoms with E-state index in [9.17, 15) is 0 Å². The molecule has 6 nitrogen and oxygen atoms in total. The fourth-order valence-electron chi connectivity index (χ4n) is 3.28. The number of fused-ring (bicyclic) bond motifs is 1. The molecule has 1 aromatic heterocycles. The average molecular weight is 336 g/mol. The quantitative estimate of drug-likeness (QED) is 0.791. The lowest BCUT2D eigenvalue weighted by molar-refractivity contribution is 0.410. The van der Waals surface area contributed by atoms with Crippen LogP contribution in [0.25, 0.3) is 0 Å². The SMILES string of the molecule is COc1ccc([C@@H]2C[C@H](c3ccc(OC)cc3)n3ncnc3N2)cc1. The van der Waals surface area contributed by atoms with E-state index in [1.54, 1.807) is 20.5 Å². The minimum absolute atomic E-state index is 0.122. The predicted molar refractivity (Wildman–Crippen MR) is 95.1 cm³/mol. The molecule has 2 atom stereocenters. The highest BCUT2D eigenvalue weighted by Crippen LogP contribution is 2.37. The highest BCUT2D eigenvalue weighted by atomic mass is 16.5. The number of benzene rings is 2. The fraction of sp³-hybridized carbons (Fsp3) is 0.263. The number of aromatic nitrogens is 3. The Morgan fingerprint density at radius 2 is 1.52 bits per heavy atom. The molecule has 0 radical (unpaired) electrons. The smallest absolute Gasteiger partial charge is 0.222 e. The van der Waals surface area contributed by atoms with Gasteiger partial charge in [-0.2, -0.15) is 10.1 Å². The highest BCUT2D eigenvalue weighted by Gasteiger charge is 2.29. The van der Waals surface area contributed by atoms with Gasteiger partial charge in [0.1, 0.15) is 17.8 Å². The van der Waals surface area contributed by atoms with Crippen LogP contribution in [0.1, 0.15) is 29.6 Å². The first-order chi connectivity index (χ1) is 12.3. The predicted octanol–water partition coefficient (Wildman–Crippen LogP) is 3.44. The highest BCUT2D eigenvalue weighted by molar-refractivity contribution is 5.40. The minimum Gasteiger partial charge on any atom is -0.497 e. The molecule has 128 valence electrons. The lowest BCUT2D eigenvalue weighted by Gasteiger charge is -2.32. The molecule has 25 heavy (non-hydrogen) atoms. The van der Waals surface area contributed by atoms with E-state index in [1.165, 1.54) is 11.1 Å². The van der Waals surface area contributed by atoms with Gasteiger partial charge in [0.2, 0.25) is 5.95 Å². The molecule has 3 aromatic rings. The lowest BCUT2D eigenvalue weighted by atomic mass is 9.93. The average Bonchev–Trinajstić information content (AvgIpc) is 3.16. The topological polar surface area (TPSA) is 61.2 Å². The Morgan fingerprint density at radius 1 is 0.920 bits per heavy atom. The van der Waals surface area contributed by atoms with Gasteiger partial charge >= 0.3 is 0 Å². The first-order valence-corrected chi connectivity index (χ1v) is 8.22. The van der Waals surface area contributed by atoms with E-state index in [0.717, 1.165) is 23.9 Å². The van der Waals surface area contributed by atoms with Crippen LogP contribution < -0.4 is 14.8 Å². The maximum absolute atomic E-state index is 5.26. The zero-order chi connectivity index (χ0) is 17.2. The Labute approximate surface area is 146 Å². The van der Waals surface area contributed by atoms with Crippen LogP contribution in [0.15, 0.2) is 54.9 Å². The van der Waals surface area contributed by atoms with E-state index in [-0.39, 0.29) is 12.1 Å². The van der Waals surface area contributed by atoms with Gasteiger partial charge in [-0.15, -0.1) is 0 Å². The van der Waals surface area contributed by atoms with Crippen molar-refractivity contribution in [3.05, 3.63) is 66.0 Å². The van der Waals surface area contributed by atoms with Crippen molar-refractivity contribution in [2.24, 2.45) is 0 Å². The van der Waals surface area contributed by atoms with Crippen LogP contribution in [-0.2, 0) is 0 Å². The molecule has 4 rings (SSSR count). The van der Waals surface area contributed by atoms with Crippen LogP contribution in [0.3, 0.4) is 0 Å². The van der Waals surface area contributed by atoms with Gasteiger partial charge in [-0.05, 0) is 41.8 Å². The van der Waals surface area contributed by atoms with Gasteiger partial charge in [0, 0.05) is 0 Å². The Hall–Kier alpha value is -3.02. The van der Waals surface area contributed by atoms with E-state index in [1.807, 2.05) is 28.9 Å². The van der Waals surface area contributed by atoms with Crippen molar-refractivity contribution in [3.8, 4) is 11.5 Å². The zero-order valence-corrected chi connectivity index (χ0v) is 14.2. The van der Waals surface area contributed by atoms with E-state index < -0.39 is 0 Å². The van der Waals surface area contributed by atoms with Crippen LogP contribution in [0.2, 0.25) is 0 Å². The Bertz CT molecular complexity index is 843. The van der Waals surface area contributed by atoms with Gasteiger partial charge in [-0.1, -0.05) is 24.3 Å². The molecule has 0 unspecified atom stereocenters. The number of hydrogen-bond acceptors (Lipinski definition) is 5. The molecule has 1 aliphatic heterocycles. The summed E-state index contributed by atoms with van der Waals surface area (Å²) in [7, 11) is 3.35. The lowest BCUT2D eigenvalue weighted by Crippen LogP contribution is -2.28. The number of hydrogen-bond donors (Lipinski definition) is 1. The standard InChI is InChI=1S/C19H20N4O2/c1-24-15-7-3-13(4-8-15)17-11-18(23-19(22-17)20-12-21-23)14-5-9-16(25-2)10-6-14/h3-10,12,17-18H,11H2,1-2H3,(H,20,21,22)/t17-,18+/m0/s1.